The first-order valence-electron chi connectivity index (χ1n) is 5.99. The average molecular weight is 255 g/mol. The molecular weight excluding hydrogens is 238 g/mol. The molecule has 0 bridgehead atoms. The fourth-order valence-corrected chi connectivity index (χ4v) is 3.05. The number of hydrogen-bond donors (Lipinski definition) is 1. The third-order valence-corrected chi connectivity index (χ3v) is 4.17. The molecule has 6 heteroatoms. The van der Waals surface area contributed by atoms with E-state index in [4.69, 9.17) is 0 Å². The highest BCUT2D eigenvalue weighted by atomic mass is 32.1. The van der Waals surface area contributed by atoms with Gasteiger partial charge >= 0.3 is 5.00 Å². The molecule has 0 amide bonds. The first kappa shape index (κ1) is 12.3. The molecule has 17 heavy (non-hydrogen) atoms. The second-order valence-electron chi connectivity index (χ2n) is 4.78. The monoisotopic (exact) mass is 255 g/mol. The van der Waals surface area contributed by atoms with Gasteiger partial charge in [0.1, 0.15) is 6.20 Å². The molecule has 1 fully saturated rings. The van der Waals surface area contributed by atoms with Crippen LogP contribution < -0.4 is 5.32 Å². The van der Waals surface area contributed by atoms with Crippen molar-refractivity contribution >= 4 is 21.5 Å². The van der Waals surface area contributed by atoms with E-state index >= 15 is 0 Å². The Morgan fingerprint density at radius 1 is 1.65 bits per heavy atom. The molecular formula is C11H17N3O2S. The van der Waals surface area contributed by atoms with E-state index < -0.39 is 4.92 Å². The Morgan fingerprint density at radius 2 is 2.47 bits per heavy atom. The van der Waals surface area contributed by atoms with Crippen molar-refractivity contribution in [2.45, 2.75) is 32.6 Å². The van der Waals surface area contributed by atoms with Crippen molar-refractivity contribution in [1.82, 2.24) is 4.98 Å². The summed E-state index contributed by atoms with van der Waals surface area (Å²) in [4.78, 5) is 14.1. The molecule has 2 rings (SSSR count). The van der Waals surface area contributed by atoms with Gasteiger partial charge in [0.25, 0.3) is 0 Å². The van der Waals surface area contributed by atoms with Crippen LogP contribution in [-0.4, -0.2) is 16.5 Å². The third kappa shape index (κ3) is 3.39. The van der Waals surface area contributed by atoms with E-state index in [-0.39, 0.29) is 5.00 Å². The molecule has 1 aromatic heterocycles. The maximum Gasteiger partial charge on any atom is 0.345 e. The van der Waals surface area contributed by atoms with Gasteiger partial charge in [-0.2, -0.15) is 0 Å². The minimum atomic E-state index is -0.397. The topological polar surface area (TPSA) is 68.1 Å². The van der Waals surface area contributed by atoms with Crippen LogP contribution in [0.25, 0.3) is 0 Å². The Morgan fingerprint density at radius 3 is 3.12 bits per heavy atom. The Bertz CT molecular complexity index is 394. The van der Waals surface area contributed by atoms with Crippen molar-refractivity contribution in [3.8, 4) is 0 Å². The van der Waals surface area contributed by atoms with Crippen LogP contribution in [-0.2, 0) is 0 Å². The smallest absolute Gasteiger partial charge is 0.345 e. The van der Waals surface area contributed by atoms with Crippen LogP contribution in [0.1, 0.15) is 32.6 Å². The first-order valence-corrected chi connectivity index (χ1v) is 6.81. The number of thiazole rings is 1. The van der Waals surface area contributed by atoms with E-state index in [9.17, 15) is 10.1 Å². The first-order chi connectivity index (χ1) is 8.15. The fourth-order valence-electron chi connectivity index (χ4n) is 2.41. The van der Waals surface area contributed by atoms with E-state index in [0.29, 0.717) is 11.0 Å². The molecule has 1 N–H and O–H groups in total. The van der Waals surface area contributed by atoms with Crippen molar-refractivity contribution in [2.24, 2.45) is 11.8 Å². The summed E-state index contributed by atoms with van der Waals surface area (Å²) in [5, 5.41) is 14.5. The number of anilines is 1. The van der Waals surface area contributed by atoms with Gasteiger partial charge in [0.15, 0.2) is 5.13 Å². The zero-order chi connectivity index (χ0) is 12.3. The van der Waals surface area contributed by atoms with Crippen molar-refractivity contribution in [1.29, 1.82) is 0 Å². The molecule has 1 aliphatic carbocycles. The number of hydrogen-bond acceptors (Lipinski definition) is 5. The van der Waals surface area contributed by atoms with Crippen LogP contribution in [0.5, 0.6) is 0 Å². The molecule has 0 aromatic carbocycles. The Labute approximate surface area is 104 Å². The van der Waals surface area contributed by atoms with Crippen molar-refractivity contribution < 1.29 is 4.92 Å². The summed E-state index contributed by atoms with van der Waals surface area (Å²) in [7, 11) is 0. The zero-order valence-electron chi connectivity index (χ0n) is 9.89. The van der Waals surface area contributed by atoms with E-state index in [2.05, 4.69) is 17.2 Å². The fraction of sp³-hybridized carbons (Fsp3) is 0.727. The standard InChI is InChI=1S/C11H17N3O2S/c1-8-3-2-4-9(5-8)6-12-11-13-7-10(17-11)14(15)16/h7-9H,2-6H2,1H3,(H,12,13). The number of aromatic nitrogens is 1. The summed E-state index contributed by atoms with van der Waals surface area (Å²) in [6.45, 7) is 3.18. The van der Waals surface area contributed by atoms with E-state index in [1.807, 2.05) is 0 Å². The lowest BCUT2D eigenvalue weighted by Crippen LogP contribution is -2.20. The van der Waals surface area contributed by atoms with Gasteiger partial charge in [0, 0.05) is 6.54 Å². The molecule has 1 aromatic rings. The van der Waals surface area contributed by atoms with Crippen LogP contribution in [0, 0.1) is 22.0 Å². The summed E-state index contributed by atoms with van der Waals surface area (Å²) < 4.78 is 0. The van der Waals surface area contributed by atoms with Crippen molar-refractivity contribution in [3.63, 3.8) is 0 Å². The summed E-state index contributed by atoms with van der Waals surface area (Å²) in [5.74, 6) is 1.49. The second kappa shape index (κ2) is 5.44. The van der Waals surface area contributed by atoms with E-state index in [0.717, 1.165) is 23.8 Å². The van der Waals surface area contributed by atoms with Crippen LogP contribution in [0.4, 0.5) is 10.1 Å². The normalized spacial score (nSPS) is 24.5. The lowest BCUT2D eigenvalue weighted by atomic mass is 9.82. The molecule has 0 saturated heterocycles. The van der Waals surface area contributed by atoms with Crippen molar-refractivity contribution in [2.75, 3.05) is 11.9 Å². The van der Waals surface area contributed by atoms with Gasteiger partial charge in [-0.05, 0) is 36.0 Å². The third-order valence-electron chi connectivity index (χ3n) is 3.26. The zero-order valence-corrected chi connectivity index (χ0v) is 10.7. The maximum atomic E-state index is 10.5. The van der Waals surface area contributed by atoms with Crippen LogP contribution in [0.15, 0.2) is 6.20 Å². The molecule has 0 aliphatic heterocycles. The quantitative estimate of drug-likeness (QED) is 0.662. The number of nitrogens with one attached hydrogen (secondary N) is 1. The summed E-state index contributed by atoms with van der Waals surface area (Å²) >= 11 is 1.11. The van der Waals surface area contributed by atoms with Gasteiger partial charge in [0.2, 0.25) is 0 Å². The molecule has 1 saturated carbocycles. The number of nitrogens with zero attached hydrogens (tertiary/aromatic N) is 2. The summed E-state index contributed by atoms with van der Waals surface area (Å²) in [5.41, 5.74) is 0. The molecule has 0 spiro atoms. The van der Waals surface area contributed by atoms with Crippen LogP contribution in [0.2, 0.25) is 0 Å². The molecule has 0 radical (unpaired) electrons. The molecule has 1 heterocycles. The Hall–Kier alpha value is -1.17. The average Bonchev–Trinajstić information content (AvgIpc) is 2.75. The minimum absolute atomic E-state index is 0.101. The molecule has 2 atom stereocenters. The lowest BCUT2D eigenvalue weighted by molar-refractivity contribution is -0.380. The summed E-state index contributed by atoms with van der Waals surface area (Å²) in [6, 6.07) is 0. The predicted octanol–water partition coefficient (Wildman–Crippen LogP) is 3.29. The molecule has 94 valence electrons. The maximum absolute atomic E-state index is 10.5. The van der Waals surface area contributed by atoms with Gasteiger partial charge in [-0.1, -0.05) is 19.8 Å². The molecule has 5 nitrogen and oxygen atoms in total. The highest BCUT2D eigenvalue weighted by Crippen LogP contribution is 2.30. The lowest BCUT2D eigenvalue weighted by Gasteiger charge is -2.26. The number of nitro groups is 1. The second-order valence-corrected chi connectivity index (χ2v) is 5.79. The highest BCUT2D eigenvalue weighted by Gasteiger charge is 2.19. The SMILES string of the molecule is CC1CCCC(CNc2ncc([N+](=O)[O-])s2)C1. The van der Waals surface area contributed by atoms with Gasteiger partial charge in [0.05, 0.1) is 4.92 Å². The molecule has 1 aliphatic rings. The number of rotatable bonds is 4. The van der Waals surface area contributed by atoms with Crippen LogP contribution in [0.3, 0.4) is 0 Å². The Kier molecular flexibility index (Phi) is 3.93. The Balaban J connectivity index is 1.82. The predicted molar refractivity (Wildman–Crippen MR) is 68.4 cm³/mol. The van der Waals surface area contributed by atoms with Gasteiger partial charge < -0.3 is 5.32 Å². The van der Waals surface area contributed by atoms with E-state index in [1.165, 1.54) is 31.9 Å². The van der Waals surface area contributed by atoms with E-state index in [1.54, 1.807) is 0 Å². The minimum Gasteiger partial charge on any atom is -0.361 e. The van der Waals surface area contributed by atoms with Gasteiger partial charge in [-0.3, -0.25) is 10.1 Å². The largest absolute Gasteiger partial charge is 0.361 e. The van der Waals surface area contributed by atoms with Gasteiger partial charge in [-0.15, -0.1) is 0 Å². The highest BCUT2D eigenvalue weighted by molar-refractivity contribution is 7.18. The summed E-state index contributed by atoms with van der Waals surface area (Å²) in [6.07, 6.45) is 6.45. The molecule has 2 unspecified atom stereocenters. The van der Waals surface area contributed by atoms with Gasteiger partial charge in [-0.25, -0.2) is 4.98 Å². The van der Waals surface area contributed by atoms with Crippen LogP contribution >= 0.6 is 11.3 Å². The van der Waals surface area contributed by atoms with Crippen molar-refractivity contribution in [3.05, 3.63) is 16.3 Å².